The van der Waals surface area contributed by atoms with E-state index >= 15 is 0 Å². The summed E-state index contributed by atoms with van der Waals surface area (Å²) >= 11 is 3.74. The van der Waals surface area contributed by atoms with Gasteiger partial charge >= 0.3 is 0 Å². The second-order valence-electron chi connectivity index (χ2n) is 7.53. The van der Waals surface area contributed by atoms with Crippen molar-refractivity contribution in [2.24, 2.45) is 0 Å². The van der Waals surface area contributed by atoms with Crippen molar-refractivity contribution in [2.45, 2.75) is 49.4 Å². The number of hydrogen-bond donors (Lipinski definition) is 0. The van der Waals surface area contributed by atoms with Crippen molar-refractivity contribution in [3.63, 3.8) is 0 Å². The Morgan fingerprint density at radius 3 is 2.73 bits per heavy atom. The third-order valence-electron chi connectivity index (χ3n) is 5.22. The van der Waals surface area contributed by atoms with Crippen LogP contribution in [-0.2, 0) is 24.2 Å². The van der Waals surface area contributed by atoms with E-state index in [-0.39, 0.29) is 5.91 Å². The summed E-state index contributed by atoms with van der Waals surface area (Å²) in [5.41, 5.74) is 2.61. The molecule has 1 saturated heterocycles. The Hall–Kier alpha value is -1.30. The van der Waals surface area contributed by atoms with Crippen molar-refractivity contribution < 1.29 is 4.79 Å². The van der Waals surface area contributed by atoms with Crippen molar-refractivity contribution in [1.82, 2.24) is 9.80 Å². The quantitative estimate of drug-likeness (QED) is 0.724. The average molecular weight is 387 g/mol. The van der Waals surface area contributed by atoms with E-state index in [1.54, 1.807) is 4.88 Å². The fraction of sp³-hybridized carbons (Fsp3) is 0.476. The maximum atomic E-state index is 12.5. The fourth-order valence-corrected chi connectivity index (χ4v) is 5.44. The van der Waals surface area contributed by atoms with Crippen LogP contribution in [-0.4, -0.2) is 46.6 Å². The molecule has 2 aromatic rings. The number of thiophene rings is 1. The zero-order valence-electron chi connectivity index (χ0n) is 15.5. The predicted molar refractivity (Wildman–Crippen MR) is 110 cm³/mol. The minimum absolute atomic E-state index is 0.263. The summed E-state index contributed by atoms with van der Waals surface area (Å²) in [6, 6.07) is 11.3. The van der Waals surface area contributed by atoms with Crippen molar-refractivity contribution in [1.29, 1.82) is 0 Å². The minimum atomic E-state index is 0.263. The van der Waals surface area contributed by atoms with E-state index in [4.69, 9.17) is 0 Å². The molecule has 0 N–H and O–H groups in total. The number of carbonyl (C=O) groups excluding carboxylic acids is 1. The normalized spacial score (nSPS) is 18.0. The Labute approximate surface area is 164 Å². The third-order valence-corrected chi connectivity index (χ3v) is 7.26. The lowest BCUT2D eigenvalue weighted by Gasteiger charge is -2.46. The molecule has 0 saturated carbocycles. The van der Waals surface area contributed by atoms with Crippen molar-refractivity contribution >= 4 is 29.0 Å². The molecule has 3 heterocycles. The molecule has 0 radical (unpaired) electrons. The van der Waals surface area contributed by atoms with Crippen LogP contribution in [0.5, 0.6) is 0 Å². The number of hydrogen-bond acceptors (Lipinski definition) is 4. The van der Waals surface area contributed by atoms with E-state index in [9.17, 15) is 4.79 Å². The molecule has 5 heteroatoms. The van der Waals surface area contributed by atoms with E-state index in [0.29, 0.717) is 17.7 Å². The molecule has 0 spiro atoms. The van der Waals surface area contributed by atoms with Gasteiger partial charge in [-0.15, -0.1) is 23.1 Å². The Morgan fingerprint density at radius 2 is 2.00 bits per heavy atom. The van der Waals surface area contributed by atoms with Crippen molar-refractivity contribution in [2.75, 3.05) is 19.6 Å². The summed E-state index contributed by atoms with van der Waals surface area (Å²) in [6.45, 7) is 8.36. The summed E-state index contributed by atoms with van der Waals surface area (Å²) < 4.78 is 0. The highest BCUT2D eigenvalue weighted by molar-refractivity contribution is 7.99. The molecule has 0 atom stereocenters. The largest absolute Gasteiger partial charge is 0.339 e. The summed E-state index contributed by atoms with van der Waals surface area (Å²) in [6.07, 6.45) is 1.69. The molecule has 1 fully saturated rings. The van der Waals surface area contributed by atoms with Gasteiger partial charge in [0.1, 0.15) is 0 Å². The Kier molecular flexibility index (Phi) is 5.39. The summed E-state index contributed by atoms with van der Waals surface area (Å²) in [4.78, 5) is 19.9. The van der Waals surface area contributed by atoms with E-state index in [0.717, 1.165) is 38.2 Å². The minimum Gasteiger partial charge on any atom is -0.339 e. The lowest BCUT2D eigenvalue weighted by atomic mass is 10.0. The third kappa shape index (κ3) is 4.00. The molecular weight excluding hydrogens is 360 g/mol. The number of nitrogens with zero attached hydrogens (tertiary/aromatic N) is 2. The van der Waals surface area contributed by atoms with Crippen LogP contribution in [0.1, 0.15) is 29.9 Å². The topological polar surface area (TPSA) is 23.6 Å². The van der Waals surface area contributed by atoms with Crippen LogP contribution in [0.15, 0.2) is 40.6 Å². The van der Waals surface area contributed by atoms with Gasteiger partial charge in [-0.1, -0.05) is 26.0 Å². The molecule has 1 aromatic carbocycles. The highest BCUT2D eigenvalue weighted by Crippen LogP contribution is 2.28. The first kappa shape index (κ1) is 18.1. The first-order valence-electron chi connectivity index (χ1n) is 9.41. The van der Waals surface area contributed by atoms with E-state index in [2.05, 4.69) is 54.5 Å². The van der Waals surface area contributed by atoms with Gasteiger partial charge in [0.05, 0.1) is 6.42 Å². The van der Waals surface area contributed by atoms with Crippen molar-refractivity contribution in [3.05, 3.63) is 51.7 Å². The lowest BCUT2D eigenvalue weighted by Crippen LogP contribution is -2.61. The SMILES string of the molecule is CC(C)Sc1ccc(CC(=O)N2CC(N3CCc4sccc4C3)C2)cc1. The smallest absolute Gasteiger partial charge is 0.227 e. The van der Waals surface area contributed by atoms with Crippen LogP contribution >= 0.6 is 23.1 Å². The van der Waals surface area contributed by atoms with Gasteiger partial charge < -0.3 is 4.90 Å². The van der Waals surface area contributed by atoms with E-state index in [1.165, 1.54) is 10.5 Å². The van der Waals surface area contributed by atoms with Gasteiger partial charge in [0.2, 0.25) is 5.91 Å². The van der Waals surface area contributed by atoms with Gasteiger partial charge in [0, 0.05) is 47.2 Å². The predicted octanol–water partition coefficient (Wildman–Crippen LogP) is 4.06. The first-order valence-corrected chi connectivity index (χ1v) is 11.2. The van der Waals surface area contributed by atoms with E-state index in [1.807, 2.05) is 28.0 Å². The molecule has 3 nitrogen and oxygen atoms in total. The van der Waals surface area contributed by atoms with Crippen LogP contribution in [0.3, 0.4) is 0 Å². The highest BCUT2D eigenvalue weighted by Gasteiger charge is 2.35. The van der Waals surface area contributed by atoms with E-state index < -0.39 is 0 Å². The molecule has 26 heavy (non-hydrogen) atoms. The molecular formula is C21H26N2OS2. The second-order valence-corrected chi connectivity index (χ2v) is 10.2. The van der Waals surface area contributed by atoms with Gasteiger partial charge in [-0.3, -0.25) is 9.69 Å². The molecule has 0 bridgehead atoms. The van der Waals surface area contributed by atoms with Gasteiger partial charge in [-0.2, -0.15) is 0 Å². The number of rotatable bonds is 5. The summed E-state index contributed by atoms with van der Waals surface area (Å²) in [5.74, 6) is 0.263. The maximum absolute atomic E-state index is 12.5. The van der Waals surface area contributed by atoms with Gasteiger partial charge in [-0.25, -0.2) is 0 Å². The Morgan fingerprint density at radius 1 is 1.23 bits per heavy atom. The number of fused-ring (bicyclic) bond motifs is 1. The zero-order chi connectivity index (χ0) is 18.1. The molecule has 4 rings (SSSR count). The maximum Gasteiger partial charge on any atom is 0.227 e. The monoisotopic (exact) mass is 386 g/mol. The average Bonchev–Trinajstić information content (AvgIpc) is 3.02. The molecule has 0 aliphatic carbocycles. The number of amides is 1. The Balaban J connectivity index is 1.26. The van der Waals surface area contributed by atoms with Crippen molar-refractivity contribution in [3.8, 4) is 0 Å². The van der Waals surface area contributed by atoms with Crippen LogP contribution in [0.4, 0.5) is 0 Å². The molecule has 138 valence electrons. The van der Waals surface area contributed by atoms with Crippen LogP contribution < -0.4 is 0 Å². The Bertz CT molecular complexity index is 763. The molecule has 1 aromatic heterocycles. The van der Waals surface area contributed by atoms with Crippen LogP contribution in [0, 0.1) is 0 Å². The van der Waals surface area contributed by atoms with Crippen LogP contribution in [0.2, 0.25) is 0 Å². The first-order chi connectivity index (χ1) is 12.6. The fourth-order valence-electron chi connectivity index (χ4n) is 3.72. The van der Waals surface area contributed by atoms with Crippen LogP contribution in [0.25, 0.3) is 0 Å². The number of benzene rings is 1. The zero-order valence-corrected chi connectivity index (χ0v) is 17.1. The van der Waals surface area contributed by atoms with Gasteiger partial charge in [0.25, 0.3) is 0 Å². The highest BCUT2D eigenvalue weighted by atomic mass is 32.2. The number of likely N-dealkylation sites (tertiary alicyclic amines) is 1. The van der Waals surface area contributed by atoms with Gasteiger partial charge in [0.15, 0.2) is 0 Å². The molecule has 1 amide bonds. The number of thioether (sulfide) groups is 1. The standard InChI is InChI=1S/C21H26N2OS2/c1-15(2)26-19-5-3-16(4-6-19)11-21(24)23-13-18(14-23)22-9-7-20-17(12-22)8-10-25-20/h3-6,8,10,15,18H,7,9,11-14H2,1-2H3. The molecule has 0 unspecified atom stereocenters. The summed E-state index contributed by atoms with van der Waals surface area (Å²) in [7, 11) is 0. The number of carbonyl (C=O) groups is 1. The second kappa shape index (κ2) is 7.75. The summed E-state index contributed by atoms with van der Waals surface area (Å²) in [5, 5.41) is 2.79. The van der Waals surface area contributed by atoms with Gasteiger partial charge in [-0.05, 0) is 41.1 Å². The molecule has 2 aliphatic heterocycles. The lowest BCUT2D eigenvalue weighted by molar-refractivity contribution is -0.138. The molecule has 2 aliphatic rings.